The van der Waals surface area contributed by atoms with Gasteiger partial charge in [0.15, 0.2) is 5.54 Å². The maximum absolute atomic E-state index is 12.2. The summed E-state index contributed by atoms with van der Waals surface area (Å²) in [6.07, 6.45) is 0.270. The number of ether oxygens (including phenoxy) is 1. The van der Waals surface area contributed by atoms with Crippen molar-refractivity contribution < 1.29 is 19.4 Å². The first-order valence-corrected chi connectivity index (χ1v) is 6.02. The largest absolute Gasteiger partial charge is 0.479 e. The van der Waals surface area contributed by atoms with Crippen LogP contribution < -0.4 is 5.32 Å². The Bertz CT molecular complexity index is 521. The molecule has 0 radical (unpaired) electrons. The predicted molar refractivity (Wildman–Crippen MR) is 67.0 cm³/mol. The summed E-state index contributed by atoms with van der Waals surface area (Å²) in [7, 11) is 0. The van der Waals surface area contributed by atoms with E-state index in [0.29, 0.717) is 17.9 Å². The van der Waals surface area contributed by atoms with Crippen LogP contribution in [-0.2, 0) is 9.53 Å². The lowest BCUT2D eigenvalue weighted by atomic mass is 9.98. The third-order valence-corrected chi connectivity index (χ3v) is 3.25. The van der Waals surface area contributed by atoms with E-state index in [4.69, 9.17) is 4.74 Å². The number of hydrogen-bond donors (Lipinski definition) is 2. The number of nitrogens with zero attached hydrogens (tertiary/aromatic N) is 1. The number of aromatic nitrogens is 1. The van der Waals surface area contributed by atoms with Gasteiger partial charge in [0.1, 0.15) is 0 Å². The molecule has 1 saturated heterocycles. The molecule has 0 saturated carbocycles. The van der Waals surface area contributed by atoms with Gasteiger partial charge in [-0.2, -0.15) is 0 Å². The quantitative estimate of drug-likeness (QED) is 0.837. The molecule has 0 aromatic carbocycles. The summed E-state index contributed by atoms with van der Waals surface area (Å²) in [6, 6.07) is 3.37. The molecule has 0 spiro atoms. The van der Waals surface area contributed by atoms with Crippen LogP contribution in [0.4, 0.5) is 0 Å². The van der Waals surface area contributed by atoms with Gasteiger partial charge in [-0.1, -0.05) is 0 Å². The average Bonchev–Trinajstić information content (AvgIpc) is 2.78. The molecular formula is C13H16N2O4. The van der Waals surface area contributed by atoms with Gasteiger partial charge in [-0.05, 0) is 26.0 Å². The summed E-state index contributed by atoms with van der Waals surface area (Å²) in [4.78, 5) is 27.7. The van der Waals surface area contributed by atoms with Gasteiger partial charge in [-0.25, -0.2) is 4.79 Å². The standard InChI is InChI=1S/C13H16N2O4/c1-8-3-4-10(9(2)14-8)11(16)15-13(12(17)18)5-6-19-7-13/h3-4H,5-7H2,1-2H3,(H,15,16)(H,17,18). The topological polar surface area (TPSA) is 88.5 Å². The number of carboxylic acid groups (broad SMARTS) is 1. The smallest absolute Gasteiger partial charge is 0.331 e. The van der Waals surface area contributed by atoms with Crippen LogP contribution in [-0.4, -0.2) is 40.7 Å². The molecule has 1 aliphatic heterocycles. The van der Waals surface area contributed by atoms with Crippen LogP contribution in [0.5, 0.6) is 0 Å². The van der Waals surface area contributed by atoms with Crippen molar-refractivity contribution in [1.82, 2.24) is 10.3 Å². The van der Waals surface area contributed by atoms with Crippen molar-refractivity contribution in [2.75, 3.05) is 13.2 Å². The Morgan fingerprint density at radius 1 is 1.42 bits per heavy atom. The molecule has 1 aromatic heterocycles. The van der Waals surface area contributed by atoms with Crippen LogP contribution in [0.1, 0.15) is 28.2 Å². The second-order valence-corrected chi connectivity index (χ2v) is 4.73. The summed E-state index contributed by atoms with van der Waals surface area (Å²) in [5.74, 6) is -1.51. The van der Waals surface area contributed by atoms with E-state index in [-0.39, 0.29) is 13.0 Å². The lowest BCUT2D eigenvalue weighted by Gasteiger charge is -2.24. The number of amides is 1. The summed E-state index contributed by atoms with van der Waals surface area (Å²) in [5, 5.41) is 11.8. The van der Waals surface area contributed by atoms with E-state index in [1.807, 2.05) is 6.92 Å². The highest BCUT2D eigenvalue weighted by atomic mass is 16.5. The highest BCUT2D eigenvalue weighted by Crippen LogP contribution is 2.20. The predicted octanol–water partition coefficient (Wildman–Crippen LogP) is 0.672. The van der Waals surface area contributed by atoms with E-state index in [9.17, 15) is 14.7 Å². The van der Waals surface area contributed by atoms with Crippen molar-refractivity contribution in [3.63, 3.8) is 0 Å². The Balaban J connectivity index is 2.22. The molecule has 2 rings (SSSR count). The summed E-state index contributed by atoms with van der Waals surface area (Å²) in [5.41, 5.74) is 0.454. The zero-order chi connectivity index (χ0) is 14.0. The fourth-order valence-electron chi connectivity index (χ4n) is 2.10. The van der Waals surface area contributed by atoms with Crippen molar-refractivity contribution in [1.29, 1.82) is 0 Å². The summed E-state index contributed by atoms with van der Waals surface area (Å²) in [6.45, 7) is 3.88. The molecule has 1 aromatic rings. The molecule has 1 unspecified atom stereocenters. The van der Waals surface area contributed by atoms with E-state index in [1.54, 1.807) is 19.1 Å². The molecule has 1 atom stereocenters. The molecule has 0 bridgehead atoms. The first kappa shape index (κ1) is 13.5. The van der Waals surface area contributed by atoms with Crippen LogP contribution >= 0.6 is 0 Å². The Hall–Kier alpha value is -1.95. The lowest BCUT2D eigenvalue weighted by molar-refractivity contribution is -0.144. The van der Waals surface area contributed by atoms with E-state index in [2.05, 4.69) is 10.3 Å². The summed E-state index contributed by atoms with van der Waals surface area (Å²) >= 11 is 0. The van der Waals surface area contributed by atoms with Crippen LogP contribution in [0.25, 0.3) is 0 Å². The van der Waals surface area contributed by atoms with Crippen molar-refractivity contribution in [2.45, 2.75) is 25.8 Å². The molecule has 6 nitrogen and oxygen atoms in total. The van der Waals surface area contributed by atoms with Crippen molar-refractivity contribution >= 4 is 11.9 Å². The third-order valence-electron chi connectivity index (χ3n) is 3.25. The van der Waals surface area contributed by atoms with Gasteiger partial charge in [0.2, 0.25) is 0 Å². The van der Waals surface area contributed by atoms with Crippen LogP contribution in [0.2, 0.25) is 0 Å². The Kier molecular flexibility index (Phi) is 3.53. The summed E-state index contributed by atoms with van der Waals surface area (Å²) < 4.78 is 5.10. The lowest BCUT2D eigenvalue weighted by Crippen LogP contribution is -2.55. The number of carbonyl (C=O) groups excluding carboxylic acids is 1. The van der Waals surface area contributed by atoms with Crippen molar-refractivity contribution in [3.8, 4) is 0 Å². The minimum atomic E-state index is -1.32. The molecule has 1 aliphatic rings. The highest BCUT2D eigenvalue weighted by molar-refractivity contribution is 5.98. The second-order valence-electron chi connectivity index (χ2n) is 4.73. The molecule has 2 heterocycles. The molecule has 6 heteroatoms. The number of aryl methyl sites for hydroxylation is 2. The minimum Gasteiger partial charge on any atom is -0.479 e. The van der Waals surface area contributed by atoms with Crippen molar-refractivity contribution in [2.24, 2.45) is 0 Å². The Morgan fingerprint density at radius 3 is 2.68 bits per heavy atom. The number of pyridine rings is 1. The monoisotopic (exact) mass is 264 g/mol. The number of hydrogen-bond acceptors (Lipinski definition) is 4. The maximum Gasteiger partial charge on any atom is 0.331 e. The highest BCUT2D eigenvalue weighted by Gasteiger charge is 2.44. The Morgan fingerprint density at radius 2 is 2.16 bits per heavy atom. The van der Waals surface area contributed by atoms with E-state index in [0.717, 1.165) is 5.69 Å². The second kappa shape index (κ2) is 4.97. The number of rotatable bonds is 3. The number of nitrogens with one attached hydrogen (secondary N) is 1. The molecule has 0 aliphatic carbocycles. The minimum absolute atomic E-state index is 0.00753. The van der Waals surface area contributed by atoms with E-state index < -0.39 is 17.4 Å². The molecule has 19 heavy (non-hydrogen) atoms. The molecule has 1 amide bonds. The zero-order valence-corrected chi connectivity index (χ0v) is 10.9. The fraction of sp³-hybridized carbons (Fsp3) is 0.462. The normalized spacial score (nSPS) is 22.2. The van der Waals surface area contributed by atoms with Gasteiger partial charge in [0, 0.05) is 18.7 Å². The first-order valence-electron chi connectivity index (χ1n) is 6.02. The van der Waals surface area contributed by atoms with Gasteiger partial charge < -0.3 is 15.2 Å². The van der Waals surface area contributed by atoms with E-state index in [1.165, 1.54) is 0 Å². The SMILES string of the molecule is Cc1ccc(C(=O)NC2(C(=O)O)CCOC2)c(C)n1. The van der Waals surface area contributed by atoms with Gasteiger partial charge in [0.25, 0.3) is 5.91 Å². The van der Waals surface area contributed by atoms with Crippen molar-refractivity contribution in [3.05, 3.63) is 29.1 Å². The molecule has 102 valence electrons. The maximum atomic E-state index is 12.2. The van der Waals surface area contributed by atoms with Gasteiger partial charge in [-0.15, -0.1) is 0 Å². The molecule has 2 N–H and O–H groups in total. The van der Waals surface area contributed by atoms with E-state index >= 15 is 0 Å². The fourth-order valence-corrected chi connectivity index (χ4v) is 2.10. The number of carboxylic acids is 1. The number of aliphatic carboxylic acids is 1. The van der Waals surface area contributed by atoms with Gasteiger partial charge in [-0.3, -0.25) is 9.78 Å². The molecular weight excluding hydrogens is 248 g/mol. The van der Waals surface area contributed by atoms with Crippen LogP contribution in [0.3, 0.4) is 0 Å². The first-order chi connectivity index (χ1) is 8.94. The third kappa shape index (κ3) is 2.58. The van der Waals surface area contributed by atoms with Crippen LogP contribution in [0, 0.1) is 13.8 Å². The zero-order valence-electron chi connectivity index (χ0n) is 10.9. The molecule has 1 fully saturated rings. The Labute approximate surface area is 110 Å². The average molecular weight is 264 g/mol. The van der Waals surface area contributed by atoms with Crippen LogP contribution in [0.15, 0.2) is 12.1 Å². The number of carbonyl (C=O) groups is 2. The van der Waals surface area contributed by atoms with Gasteiger partial charge in [0.05, 0.1) is 17.9 Å². The van der Waals surface area contributed by atoms with Gasteiger partial charge >= 0.3 is 5.97 Å².